The van der Waals surface area contributed by atoms with Crippen LogP contribution in [0.25, 0.3) is 0 Å². The summed E-state index contributed by atoms with van der Waals surface area (Å²) in [5.74, 6) is 0.862. The summed E-state index contributed by atoms with van der Waals surface area (Å²) in [6.45, 7) is 2.66. The smallest absolute Gasteiger partial charge is 0.227 e. The first-order valence-corrected chi connectivity index (χ1v) is 8.84. The number of hydrogen-bond acceptors (Lipinski definition) is 4. The van der Waals surface area contributed by atoms with Gasteiger partial charge in [0.05, 0.1) is 24.8 Å². The number of halogens is 1. The number of methoxy groups -OCH3 is 1. The minimum Gasteiger partial charge on any atom is -0.497 e. The third-order valence-electron chi connectivity index (χ3n) is 4.54. The quantitative estimate of drug-likeness (QED) is 0.830. The molecule has 0 radical (unpaired) electrons. The molecule has 1 amide bonds. The second kappa shape index (κ2) is 8.11. The molecule has 6 heteroatoms. The highest BCUT2D eigenvalue weighted by atomic mass is 35.5. The highest BCUT2D eigenvalue weighted by Crippen LogP contribution is 2.25. The maximum atomic E-state index is 12.6. The summed E-state index contributed by atoms with van der Waals surface area (Å²) < 4.78 is 5.21. The molecule has 1 aliphatic rings. The van der Waals surface area contributed by atoms with Gasteiger partial charge in [-0.3, -0.25) is 4.79 Å². The van der Waals surface area contributed by atoms with Gasteiger partial charge in [0.1, 0.15) is 11.8 Å². The van der Waals surface area contributed by atoms with Crippen molar-refractivity contribution < 1.29 is 9.53 Å². The Balaban J connectivity index is 1.61. The number of nitrogens with zero attached hydrogens (tertiary/aromatic N) is 3. The van der Waals surface area contributed by atoms with Crippen LogP contribution in [0.1, 0.15) is 11.1 Å². The average molecular weight is 370 g/mol. The summed E-state index contributed by atoms with van der Waals surface area (Å²) in [5, 5.41) is 9.86. The number of hydrogen-bond donors (Lipinski definition) is 0. The number of amides is 1. The van der Waals surface area contributed by atoms with E-state index in [4.69, 9.17) is 16.3 Å². The van der Waals surface area contributed by atoms with Crippen LogP contribution in [0, 0.1) is 11.3 Å². The van der Waals surface area contributed by atoms with Crippen molar-refractivity contribution in [2.45, 2.75) is 6.42 Å². The molecule has 26 heavy (non-hydrogen) atoms. The lowest BCUT2D eigenvalue weighted by Crippen LogP contribution is -2.49. The van der Waals surface area contributed by atoms with Crippen molar-refractivity contribution in [3.63, 3.8) is 0 Å². The molecule has 1 aliphatic heterocycles. The van der Waals surface area contributed by atoms with Crippen molar-refractivity contribution >= 4 is 23.2 Å². The van der Waals surface area contributed by atoms with Crippen molar-refractivity contribution in [1.29, 1.82) is 5.26 Å². The molecule has 1 fully saturated rings. The molecule has 134 valence electrons. The standard InChI is InChI=1S/C20H20ClN3O2/c1-26-18-4-2-3-15(11-18)12-20(25)24-9-7-23(8-10-24)19-6-5-17(21)13-16(19)14-22/h2-6,11,13H,7-10,12H2,1H3. The Labute approximate surface area is 158 Å². The monoisotopic (exact) mass is 369 g/mol. The largest absolute Gasteiger partial charge is 0.497 e. The summed E-state index contributed by atoms with van der Waals surface area (Å²) in [7, 11) is 1.62. The minimum atomic E-state index is 0.106. The fourth-order valence-electron chi connectivity index (χ4n) is 3.14. The Kier molecular flexibility index (Phi) is 5.65. The van der Waals surface area contributed by atoms with E-state index in [0.717, 1.165) is 17.0 Å². The topological polar surface area (TPSA) is 56.6 Å². The molecule has 2 aromatic rings. The van der Waals surface area contributed by atoms with Gasteiger partial charge in [0, 0.05) is 31.2 Å². The lowest BCUT2D eigenvalue weighted by Gasteiger charge is -2.36. The molecule has 0 aromatic heterocycles. The van der Waals surface area contributed by atoms with E-state index < -0.39 is 0 Å². The molecule has 3 rings (SSSR count). The zero-order valence-electron chi connectivity index (χ0n) is 14.6. The maximum absolute atomic E-state index is 12.6. The molecule has 0 atom stereocenters. The molecule has 0 saturated carbocycles. The molecule has 0 aliphatic carbocycles. The number of carbonyl (C=O) groups is 1. The zero-order chi connectivity index (χ0) is 18.5. The fraction of sp³-hybridized carbons (Fsp3) is 0.300. The van der Waals surface area contributed by atoms with Gasteiger partial charge in [0.15, 0.2) is 0 Å². The van der Waals surface area contributed by atoms with Crippen molar-refractivity contribution in [3.05, 3.63) is 58.6 Å². The first kappa shape index (κ1) is 18.1. The first-order chi connectivity index (χ1) is 12.6. The Hall–Kier alpha value is -2.71. The Bertz CT molecular complexity index is 839. The Morgan fingerprint density at radius 2 is 1.96 bits per heavy atom. The molecule has 1 heterocycles. The van der Waals surface area contributed by atoms with Crippen LogP contribution in [0.3, 0.4) is 0 Å². The highest BCUT2D eigenvalue weighted by molar-refractivity contribution is 6.30. The molecule has 2 aromatic carbocycles. The van der Waals surface area contributed by atoms with Crippen LogP contribution in [-0.4, -0.2) is 44.1 Å². The van der Waals surface area contributed by atoms with Crippen molar-refractivity contribution in [2.75, 3.05) is 38.2 Å². The second-order valence-corrected chi connectivity index (χ2v) is 6.61. The predicted octanol–water partition coefficient (Wildman–Crippen LogP) is 3.11. The summed E-state index contributed by atoms with van der Waals surface area (Å²) in [5.41, 5.74) is 2.38. The van der Waals surface area contributed by atoms with Crippen LogP contribution in [0.2, 0.25) is 5.02 Å². The zero-order valence-corrected chi connectivity index (χ0v) is 15.4. The molecular weight excluding hydrogens is 350 g/mol. The van der Waals surface area contributed by atoms with Crippen LogP contribution in [-0.2, 0) is 11.2 Å². The summed E-state index contributed by atoms with van der Waals surface area (Å²) in [4.78, 5) is 16.6. The number of anilines is 1. The van der Waals surface area contributed by atoms with E-state index in [-0.39, 0.29) is 5.91 Å². The van der Waals surface area contributed by atoms with Crippen molar-refractivity contribution in [3.8, 4) is 11.8 Å². The molecular formula is C20H20ClN3O2. The Morgan fingerprint density at radius 3 is 2.65 bits per heavy atom. The van der Waals surface area contributed by atoms with E-state index in [0.29, 0.717) is 43.2 Å². The molecule has 0 N–H and O–H groups in total. The lowest BCUT2D eigenvalue weighted by molar-refractivity contribution is -0.130. The molecule has 1 saturated heterocycles. The van der Waals surface area contributed by atoms with Crippen LogP contribution >= 0.6 is 11.6 Å². The van der Waals surface area contributed by atoms with Gasteiger partial charge in [-0.1, -0.05) is 23.7 Å². The van der Waals surface area contributed by atoms with Crippen molar-refractivity contribution in [1.82, 2.24) is 4.90 Å². The van der Waals surface area contributed by atoms with Gasteiger partial charge >= 0.3 is 0 Å². The van der Waals surface area contributed by atoms with Gasteiger partial charge < -0.3 is 14.5 Å². The lowest BCUT2D eigenvalue weighted by atomic mass is 10.1. The number of benzene rings is 2. The van der Waals surface area contributed by atoms with Crippen LogP contribution in [0.5, 0.6) is 5.75 Å². The van der Waals surface area contributed by atoms with Crippen LogP contribution in [0.15, 0.2) is 42.5 Å². The first-order valence-electron chi connectivity index (χ1n) is 8.46. The van der Waals surface area contributed by atoms with Gasteiger partial charge in [0.2, 0.25) is 5.91 Å². The average Bonchev–Trinajstić information content (AvgIpc) is 2.68. The van der Waals surface area contributed by atoms with E-state index in [1.807, 2.05) is 35.2 Å². The van der Waals surface area contributed by atoms with Crippen LogP contribution in [0.4, 0.5) is 5.69 Å². The van der Waals surface area contributed by atoms with Gasteiger partial charge in [-0.15, -0.1) is 0 Å². The number of piperazine rings is 1. The summed E-state index contributed by atoms with van der Waals surface area (Å²) in [6.07, 6.45) is 0.363. The van der Waals surface area contributed by atoms with Gasteiger partial charge in [-0.25, -0.2) is 0 Å². The SMILES string of the molecule is COc1cccc(CC(=O)N2CCN(c3ccc(Cl)cc3C#N)CC2)c1. The Morgan fingerprint density at radius 1 is 1.19 bits per heavy atom. The fourth-order valence-corrected chi connectivity index (χ4v) is 3.31. The minimum absolute atomic E-state index is 0.106. The molecule has 0 spiro atoms. The van der Waals surface area contributed by atoms with Gasteiger partial charge in [-0.05, 0) is 35.9 Å². The van der Waals surface area contributed by atoms with E-state index in [1.54, 1.807) is 19.2 Å². The second-order valence-electron chi connectivity index (χ2n) is 6.17. The third-order valence-corrected chi connectivity index (χ3v) is 4.78. The third kappa shape index (κ3) is 4.09. The summed E-state index contributed by atoms with van der Waals surface area (Å²) in [6, 6.07) is 15.1. The highest BCUT2D eigenvalue weighted by Gasteiger charge is 2.23. The number of nitriles is 1. The summed E-state index contributed by atoms with van der Waals surface area (Å²) >= 11 is 5.97. The predicted molar refractivity (Wildman–Crippen MR) is 102 cm³/mol. The van der Waals surface area contributed by atoms with Gasteiger partial charge in [0.25, 0.3) is 0 Å². The van der Waals surface area contributed by atoms with E-state index >= 15 is 0 Å². The molecule has 0 bridgehead atoms. The van der Waals surface area contributed by atoms with E-state index in [1.165, 1.54) is 0 Å². The number of carbonyl (C=O) groups excluding carboxylic acids is 1. The normalized spacial score (nSPS) is 14.0. The number of ether oxygens (including phenoxy) is 1. The maximum Gasteiger partial charge on any atom is 0.227 e. The van der Waals surface area contributed by atoms with Crippen LogP contribution < -0.4 is 9.64 Å². The van der Waals surface area contributed by atoms with E-state index in [2.05, 4.69) is 11.0 Å². The van der Waals surface area contributed by atoms with E-state index in [9.17, 15) is 10.1 Å². The molecule has 5 nitrogen and oxygen atoms in total. The van der Waals surface area contributed by atoms with Crippen molar-refractivity contribution in [2.24, 2.45) is 0 Å². The van der Waals surface area contributed by atoms with Gasteiger partial charge in [-0.2, -0.15) is 5.26 Å². The number of rotatable bonds is 4. The molecule has 0 unspecified atom stereocenters.